The van der Waals surface area contributed by atoms with Crippen LogP contribution in [-0.2, 0) is 42.0 Å². The van der Waals surface area contributed by atoms with Crippen molar-refractivity contribution in [2.45, 2.75) is 54.9 Å². The van der Waals surface area contributed by atoms with Gasteiger partial charge in [-0.05, 0) is 73.5 Å². The topological polar surface area (TPSA) is 76.1 Å². The lowest BCUT2D eigenvalue weighted by Crippen LogP contribution is -2.11. The van der Waals surface area contributed by atoms with Crippen molar-refractivity contribution in [1.82, 2.24) is 24.1 Å². The van der Waals surface area contributed by atoms with Crippen molar-refractivity contribution in [2.75, 3.05) is 13.7 Å². The highest BCUT2D eigenvalue weighted by molar-refractivity contribution is 7.98. The van der Waals surface area contributed by atoms with E-state index < -0.39 is 5.97 Å². The highest BCUT2D eigenvalue weighted by Crippen LogP contribution is 2.44. The molecule has 0 spiro atoms. The van der Waals surface area contributed by atoms with E-state index in [1.807, 2.05) is 65.5 Å². The number of benzene rings is 3. The molecule has 11 heteroatoms. The van der Waals surface area contributed by atoms with E-state index in [0.717, 1.165) is 97.7 Å². The fourth-order valence-electron chi connectivity index (χ4n) is 7.17. The number of carbonyl (C=O) groups is 1. The molecule has 0 fully saturated rings. The summed E-state index contributed by atoms with van der Waals surface area (Å²) >= 11 is 10.7. The van der Waals surface area contributed by atoms with Gasteiger partial charge in [-0.15, -0.1) is 23.5 Å². The molecule has 2 aliphatic heterocycles. The van der Waals surface area contributed by atoms with Gasteiger partial charge in [0.25, 0.3) is 0 Å². The minimum absolute atomic E-state index is 0.307. The zero-order chi connectivity index (χ0) is 33.6. The molecule has 3 aromatic heterocycles. The molecule has 0 unspecified atom stereocenters. The number of hydrogen-bond donors (Lipinski definition) is 0. The van der Waals surface area contributed by atoms with Crippen LogP contribution in [0.3, 0.4) is 0 Å². The van der Waals surface area contributed by atoms with Crippen molar-refractivity contribution in [1.29, 1.82) is 0 Å². The average Bonchev–Trinajstić information content (AvgIpc) is 3.75. The highest BCUT2D eigenvalue weighted by atomic mass is 35.5. The summed E-state index contributed by atoms with van der Waals surface area (Å²) in [5.74, 6) is 2.67. The first kappa shape index (κ1) is 32.1. The Morgan fingerprint density at radius 3 is 2.78 bits per heavy atom. The van der Waals surface area contributed by atoms with E-state index in [1.165, 1.54) is 18.5 Å². The quantitative estimate of drug-likeness (QED) is 0.158. The van der Waals surface area contributed by atoms with Gasteiger partial charge in [0.2, 0.25) is 0 Å². The van der Waals surface area contributed by atoms with E-state index in [0.29, 0.717) is 23.1 Å². The number of methoxy groups -OCH3 is 1. The lowest BCUT2D eigenvalue weighted by molar-refractivity contribution is 0.0592. The van der Waals surface area contributed by atoms with Crippen LogP contribution >= 0.6 is 35.1 Å². The fraction of sp³-hybridized carbons (Fsp3) is 0.289. The van der Waals surface area contributed by atoms with E-state index in [9.17, 15) is 4.79 Å². The lowest BCUT2D eigenvalue weighted by Gasteiger charge is -2.16. The van der Waals surface area contributed by atoms with Crippen LogP contribution in [0.5, 0.6) is 5.75 Å². The number of ether oxygens (including phenoxy) is 2. The highest BCUT2D eigenvalue weighted by Gasteiger charge is 2.29. The predicted molar refractivity (Wildman–Crippen MR) is 200 cm³/mol. The van der Waals surface area contributed by atoms with E-state index in [4.69, 9.17) is 31.3 Å². The van der Waals surface area contributed by atoms with Crippen LogP contribution in [0.15, 0.2) is 65.6 Å². The molecule has 0 radical (unpaired) electrons. The Hall–Kier alpha value is -4.12. The minimum atomic E-state index is -0.408. The Bertz CT molecular complexity index is 2280. The van der Waals surface area contributed by atoms with Crippen molar-refractivity contribution in [3.8, 4) is 16.9 Å². The molecule has 8 rings (SSSR count). The summed E-state index contributed by atoms with van der Waals surface area (Å²) < 4.78 is 17.8. The first-order chi connectivity index (χ1) is 23.9. The van der Waals surface area contributed by atoms with Gasteiger partial charge in [0.1, 0.15) is 18.1 Å². The predicted octanol–water partition coefficient (Wildman–Crippen LogP) is 9.07. The average molecular weight is 710 g/mol. The Labute approximate surface area is 298 Å². The Morgan fingerprint density at radius 1 is 1.02 bits per heavy atom. The van der Waals surface area contributed by atoms with E-state index in [-0.39, 0.29) is 0 Å². The molecule has 0 saturated carbocycles. The van der Waals surface area contributed by atoms with Crippen LogP contribution in [0.4, 0.5) is 0 Å². The van der Waals surface area contributed by atoms with Crippen molar-refractivity contribution >= 4 is 69.0 Å². The molecule has 0 N–H and O–H groups in total. The third kappa shape index (κ3) is 5.83. The van der Waals surface area contributed by atoms with Gasteiger partial charge in [0, 0.05) is 80.3 Å². The maximum Gasteiger partial charge on any atom is 0.355 e. The Kier molecular flexibility index (Phi) is 8.72. The standard InChI is InChI=1S/C38H36ClN5O3S2/c1-23-34-31-13-12-29(39)35(34)36-30(41-44-15-7-6-11-32(36)44)22-48-20-25-18-26(42(2)40-25)21-49-27-17-24-9-4-5-10-28(24)33(19-27)47-16-8-14-43(31)37(23)38(45)46-3/h4-5,8-10,12-14,17-19H,6-7,11,15-16,20-22H2,1-3H3/b14-8+. The van der Waals surface area contributed by atoms with Crippen molar-refractivity contribution in [3.63, 3.8) is 0 Å². The van der Waals surface area contributed by atoms with E-state index >= 15 is 0 Å². The van der Waals surface area contributed by atoms with Crippen LogP contribution in [0.2, 0.25) is 5.02 Å². The van der Waals surface area contributed by atoms with Crippen molar-refractivity contribution in [2.24, 2.45) is 7.05 Å². The SMILES string of the molecule is COC(=O)c1c(C)c2c3c(Cl)ccc2n1/C=C/COc1cc(cc2ccccc12)SCc1cc(nn1C)CSCc1nn2c(c1-3)CCCC2. The molecule has 0 saturated heterocycles. The third-order valence-corrected chi connectivity index (χ3v) is 11.7. The number of hydrogen-bond acceptors (Lipinski definition) is 7. The van der Waals surface area contributed by atoms with Crippen LogP contribution < -0.4 is 4.74 Å². The number of aromatic nitrogens is 5. The maximum absolute atomic E-state index is 13.4. The summed E-state index contributed by atoms with van der Waals surface area (Å²) in [6, 6.07) is 18.7. The van der Waals surface area contributed by atoms with E-state index in [2.05, 4.69) is 41.1 Å². The molecule has 250 valence electrons. The van der Waals surface area contributed by atoms with Gasteiger partial charge in [-0.1, -0.05) is 35.9 Å². The molecule has 2 aliphatic rings. The summed E-state index contributed by atoms with van der Waals surface area (Å²) in [6.07, 6.45) is 6.98. The second-order valence-corrected chi connectivity index (χ2v) is 14.9. The van der Waals surface area contributed by atoms with E-state index in [1.54, 1.807) is 11.8 Å². The molecular weight excluding hydrogens is 674 g/mol. The minimum Gasteiger partial charge on any atom is -0.489 e. The summed E-state index contributed by atoms with van der Waals surface area (Å²) in [6.45, 7) is 3.17. The van der Waals surface area contributed by atoms with Gasteiger partial charge in [-0.3, -0.25) is 9.36 Å². The zero-order valence-electron chi connectivity index (χ0n) is 27.7. The number of aryl methyl sites for hydroxylation is 3. The van der Waals surface area contributed by atoms with Crippen LogP contribution in [0.1, 0.15) is 51.7 Å². The summed E-state index contributed by atoms with van der Waals surface area (Å²) in [4.78, 5) is 14.5. The Balaban J connectivity index is 1.31. The monoisotopic (exact) mass is 709 g/mol. The van der Waals surface area contributed by atoms with Crippen LogP contribution in [0.25, 0.3) is 39.0 Å². The molecular formula is C38H36ClN5O3S2. The smallest absolute Gasteiger partial charge is 0.355 e. The maximum atomic E-state index is 13.4. The largest absolute Gasteiger partial charge is 0.489 e. The lowest BCUT2D eigenvalue weighted by atomic mass is 9.94. The Morgan fingerprint density at radius 2 is 1.90 bits per heavy atom. The number of carbonyl (C=O) groups excluding carboxylic acids is 1. The molecule has 8 nitrogen and oxygen atoms in total. The van der Waals surface area contributed by atoms with Gasteiger partial charge in [0.15, 0.2) is 0 Å². The van der Waals surface area contributed by atoms with Gasteiger partial charge < -0.3 is 14.0 Å². The fourth-order valence-corrected chi connectivity index (χ4v) is 9.26. The van der Waals surface area contributed by atoms with Crippen molar-refractivity contribution < 1.29 is 14.3 Å². The summed E-state index contributed by atoms with van der Waals surface area (Å²) in [7, 11) is 3.44. The molecule has 49 heavy (non-hydrogen) atoms. The normalized spacial score (nSPS) is 15.8. The summed E-state index contributed by atoms with van der Waals surface area (Å²) in [5, 5.41) is 13.8. The first-order valence-electron chi connectivity index (χ1n) is 16.5. The molecule has 3 aromatic carbocycles. The van der Waals surface area contributed by atoms with Crippen LogP contribution in [0, 0.1) is 6.92 Å². The molecule has 6 aromatic rings. The molecule has 0 atom stereocenters. The van der Waals surface area contributed by atoms with Crippen molar-refractivity contribution in [3.05, 3.63) is 99.7 Å². The number of thioether (sulfide) groups is 2. The van der Waals surface area contributed by atoms with Gasteiger partial charge in [-0.2, -0.15) is 10.2 Å². The van der Waals surface area contributed by atoms with Crippen LogP contribution in [-0.4, -0.2) is 43.8 Å². The molecule has 5 heterocycles. The molecule has 0 aliphatic carbocycles. The number of nitrogens with zero attached hydrogens (tertiary/aromatic N) is 5. The second-order valence-electron chi connectivity index (χ2n) is 12.5. The van der Waals surface area contributed by atoms with Gasteiger partial charge >= 0.3 is 5.97 Å². The zero-order valence-corrected chi connectivity index (χ0v) is 30.1. The molecule has 0 amide bonds. The number of fused-ring (bicyclic) bond motifs is 10. The summed E-state index contributed by atoms with van der Waals surface area (Å²) in [5.41, 5.74) is 8.60. The first-order valence-corrected chi connectivity index (χ1v) is 19.0. The van der Waals surface area contributed by atoms with Gasteiger partial charge in [-0.25, -0.2) is 4.79 Å². The molecule has 8 bridgehead atoms. The second kappa shape index (κ2) is 13.3. The third-order valence-electron chi connectivity index (χ3n) is 9.45. The van der Waals surface area contributed by atoms with Gasteiger partial charge in [0.05, 0.1) is 24.0 Å². The number of rotatable bonds is 1. The number of halogens is 1. The number of esters is 1.